The molecule has 0 aromatic rings. The molecule has 0 spiro atoms. The van der Waals surface area contributed by atoms with Gasteiger partial charge in [0.2, 0.25) is 0 Å². The average Bonchev–Trinajstić information content (AvgIpc) is 1.78. The fourth-order valence-electron chi connectivity index (χ4n) is 0.179. The molecule has 0 fully saturated rings. The van der Waals surface area contributed by atoms with Crippen LogP contribution in [0.4, 0.5) is 0 Å². The van der Waals surface area contributed by atoms with Crippen LogP contribution in [0, 0.1) is 0 Å². The van der Waals surface area contributed by atoms with Crippen LogP contribution in [0.15, 0.2) is 5.28 Å². The molecule has 10 heavy (non-hydrogen) atoms. The molecule has 0 rings (SSSR count). The summed E-state index contributed by atoms with van der Waals surface area (Å²) in [7, 11) is 0. The normalized spacial score (nSPS) is 10.3. The zero-order chi connectivity index (χ0) is 8.04. The lowest BCUT2D eigenvalue weighted by molar-refractivity contribution is -0.223. The standard InChI is InChI=1S/C4H10N4O2/c1-4(2,3)9-8-10-7-6-5/h8H,1-3H3. The highest BCUT2D eigenvalue weighted by atomic mass is 17.0. The maximum absolute atomic E-state index is 7.73. The summed E-state index contributed by atoms with van der Waals surface area (Å²) in [5.41, 5.74) is 9.37. The van der Waals surface area contributed by atoms with Gasteiger partial charge in [0.05, 0.1) is 5.60 Å². The molecule has 0 aliphatic carbocycles. The van der Waals surface area contributed by atoms with Crippen molar-refractivity contribution in [1.29, 1.82) is 0 Å². The molecular weight excluding hydrogens is 136 g/mol. The second-order valence-electron chi connectivity index (χ2n) is 2.56. The third-order valence-corrected chi connectivity index (χ3v) is 0.462. The monoisotopic (exact) mass is 146 g/mol. The number of hydrogen-bond acceptors (Lipinski definition) is 4. The molecule has 0 radical (unpaired) electrons. The highest BCUT2D eigenvalue weighted by molar-refractivity contribution is 4.54. The van der Waals surface area contributed by atoms with Crippen molar-refractivity contribution in [2.24, 2.45) is 5.28 Å². The van der Waals surface area contributed by atoms with Crippen LogP contribution >= 0.6 is 0 Å². The summed E-state index contributed by atoms with van der Waals surface area (Å²) in [4.78, 5) is 11.2. The van der Waals surface area contributed by atoms with Gasteiger partial charge >= 0.3 is 0 Å². The number of rotatable bonds is 3. The van der Waals surface area contributed by atoms with Gasteiger partial charge < -0.3 is 4.94 Å². The molecule has 0 saturated carbocycles. The fourth-order valence-corrected chi connectivity index (χ4v) is 0.179. The SMILES string of the molecule is CC(C)(C)ONON=[N+]=[N-]. The average molecular weight is 146 g/mol. The van der Waals surface area contributed by atoms with Gasteiger partial charge in [0.1, 0.15) is 5.28 Å². The van der Waals surface area contributed by atoms with E-state index in [1.807, 2.05) is 26.4 Å². The Hall–Kier alpha value is -0.970. The van der Waals surface area contributed by atoms with Gasteiger partial charge in [-0.1, -0.05) is 0 Å². The molecule has 0 heterocycles. The molecule has 0 aliphatic heterocycles. The Morgan fingerprint density at radius 1 is 1.50 bits per heavy atom. The van der Waals surface area contributed by atoms with Crippen LogP contribution in [0.25, 0.3) is 10.4 Å². The Labute approximate surface area is 58.6 Å². The minimum absolute atomic E-state index is 0.370. The Bertz CT molecular complexity index is 135. The molecule has 58 valence electrons. The predicted molar refractivity (Wildman–Crippen MR) is 34.2 cm³/mol. The topological polar surface area (TPSA) is 79.2 Å². The second kappa shape index (κ2) is 3.94. The van der Waals surface area contributed by atoms with E-state index >= 15 is 0 Å². The molecule has 0 amide bonds. The Balaban J connectivity index is 3.28. The maximum atomic E-state index is 7.73. The number of nitrogens with zero attached hydrogens (tertiary/aromatic N) is 3. The Morgan fingerprint density at radius 2 is 2.10 bits per heavy atom. The maximum Gasteiger partial charge on any atom is 0.134 e. The van der Waals surface area contributed by atoms with E-state index in [1.54, 1.807) is 0 Å². The van der Waals surface area contributed by atoms with Crippen LogP contribution in [0.5, 0.6) is 0 Å². The van der Waals surface area contributed by atoms with Gasteiger partial charge in [-0.2, -0.15) is 0 Å². The van der Waals surface area contributed by atoms with Gasteiger partial charge in [-0.3, -0.25) is 4.84 Å². The van der Waals surface area contributed by atoms with E-state index in [4.69, 9.17) is 10.4 Å². The van der Waals surface area contributed by atoms with Gasteiger partial charge in [-0.05, 0) is 31.9 Å². The molecule has 6 nitrogen and oxygen atoms in total. The quantitative estimate of drug-likeness (QED) is 0.215. The van der Waals surface area contributed by atoms with E-state index in [0.717, 1.165) is 0 Å². The molecule has 6 heteroatoms. The molecule has 0 unspecified atom stereocenters. The van der Waals surface area contributed by atoms with Gasteiger partial charge in [0.25, 0.3) is 0 Å². The lowest BCUT2D eigenvalue weighted by atomic mass is 10.2. The van der Waals surface area contributed by atoms with E-state index in [2.05, 4.69) is 15.1 Å². The zero-order valence-corrected chi connectivity index (χ0v) is 6.16. The molecule has 0 aromatic heterocycles. The zero-order valence-electron chi connectivity index (χ0n) is 6.16. The van der Waals surface area contributed by atoms with Gasteiger partial charge in [0.15, 0.2) is 0 Å². The highest BCUT2D eigenvalue weighted by Gasteiger charge is 2.09. The minimum Gasteiger partial charge on any atom is -0.310 e. The summed E-state index contributed by atoms with van der Waals surface area (Å²) in [6.07, 6.45) is 0. The Morgan fingerprint density at radius 3 is 2.50 bits per heavy atom. The molecule has 0 saturated heterocycles. The number of nitrogens with one attached hydrogen (secondary N) is 1. The third-order valence-electron chi connectivity index (χ3n) is 0.462. The molecule has 0 aliphatic rings. The number of hydrogen-bond donors (Lipinski definition) is 1. The van der Waals surface area contributed by atoms with Crippen molar-refractivity contribution in [3.05, 3.63) is 10.4 Å². The van der Waals surface area contributed by atoms with E-state index in [9.17, 15) is 0 Å². The molecular formula is C4H10N4O2. The lowest BCUT2D eigenvalue weighted by Crippen LogP contribution is -2.27. The van der Waals surface area contributed by atoms with Crippen molar-refractivity contribution in [1.82, 2.24) is 5.64 Å². The smallest absolute Gasteiger partial charge is 0.134 e. The van der Waals surface area contributed by atoms with Crippen molar-refractivity contribution in [3.63, 3.8) is 0 Å². The first kappa shape index (κ1) is 9.03. The van der Waals surface area contributed by atoms with Gasteiger partial charge in [-0.15, -0.1) is 0 Å². The van der Waals surface area contributed by atoms with E-state index in [-0.39, 0.29) is 5.60 Å². The van der Waals surface area contributed by atoms with Crippen molar-refractivity contribution in [3.8, 4) is 0 Å². The fraction of sp³-hybridized carbons (Fsp3) is 1.00. The van der Waals surface area contributed by atoms with E-state index in [1.165, 1.54) is 0 Å². The lowest BCUT2D eigenvalue weighted by Gasteiger charge is -2.16. The van der Waals surface area contributed by atoms with Crippen LogP contribution in [0.3, 0.4) is 0 Å². The van der Waals surface area contributed by atoms with E-state index in [0.29, 0.717) is 0 Å². The van der Waals surface area contributed by atoms with Crippen LogP contribution in [0.1, 0.15) is 20.8 Å². The first-order chi connectivity index (χ1) is 4.56. The molecule has 0 bridgehead atoms. The van der Waals surface area contributed by atoms with Crippen molar-refractivity contribution >= 4 is 0 Å². The third kappa shape index (κ3) is 7.03. The Kier molecular flexibility index (Phi) is 3.56. The summed E-state index contributed by atoms with van der Waals surface area (Å²) < 4.78 is 0. The minimum atomic E-state index is -0.370. The van der Waals surface area contributed by atoms with Crippen molar-refractivity contribution < 1.29 is 9.78 Å². The summed E-state index contributed by atoms with van der Waals surface area (Å²) >= 11 is 0. The van der Waals surface area contributed by atoms with Crippen LogP contribution in [-0.4, -0.2) is 5.60 Å². The van der Waals surface area contributed by atoms with Crippen molar-refractivity contribution in [2.75, 3.05) is 0 Å². The molecule has 1 N–H and O–H groups in total. The molecule has 0 atom stereocenters. The van der Waals surface area contributed by atoms with Crippen LogP contribution in [-0.2, 0) is 9.78 Å². The summed E-state index contributed by atoms with van der Waals surface area (Å²) in [6, 6.07) is 0. The molecule has 0 aromatic carbocycles. The van der Waals surface area contributed by atoms with Crippen LogP contribution in [0.2, 0.25) is 0 Å². The largest absolute Gasteiger partial charge is 0.310 e. The van der Waals surface area contributed by atoms with E-state index < -0.39 is 0 Å². The highest BCUT2D eigenvalue weighted by Crippen LogP contribution is 2.02. The summed E-state index contributed by atoms with van der Waals surface area (Å²) in [5, 5.41) is 2.72. The number of azide groups is 1. The first-order valence-electron chi connectivity index (χ1n) is 2.69. The van der Waals surface area contributed by atoms with Crippen molar-refractivity contribution in [2.45, 2.75) is 26.4 Å². The predicted octanol–water partition coefficient (Wildman–Crippen LogP) is 1.46. The summed E-state index contributed by atoms with van der Waals surface area (Å²) in [5.74, 6) is 0. The van der Waals surface area contributed by atoms with Gasteiger partial charge in [-0.25, -0.2) is 0 Å². The van der Waals surface area contributed by atoms with Gasteiger partial charge in [0, 0.05) is 4.91 Å². The van der Waals surface area contributed by atoms with Crippen LogP contribution < -0.4 is 5.64 Å². The summed E-state index contributed by atoms with van der Waals surface area (Å²) in [6.45, 7) is 5.46. The first-order valence-corrected chi connectivity index (χ1v) is 2.69. The second-order valence-corrected chi connectivity index (χ2v) is 2.56.